The number of ether oxygens (including phenoxy) is 1. The second-order valence-electron chi connectivity index (χ2n) is 5.76. The van der Waals surface area contributed by atoms with Crippen molar-refractivity contribution in [3.8, 4) is 5.75 Å². The van der Waals surface area contributed by atoms with Gasteiger partial charge in [-0.25, -0.2) is 14.4 Å². The van der Waals surface area contributed by atoms with Crippen LogP contribution in [0, 0.1) is 5.82 Å². The molecule has 0 atom stereocenters. The van der Waals surface area contributed by atoms with E-state index < -0.39 is 5.82 Å². The molecule has 0 saturated carbocycles. The third-order valence-electron chi connectivity index (χ3n) is 3.64. The molecule has 0 aliphatic carbocycles. The smallest absolute Gasteiger partial charge is 0.221 e. The van der Waals surface area contributed by atoms with Gasteiger partial charge < -0.3 is 20.7 Å². The van der Waals surface area contributed by atoms with E-state index in [4.69, 9.17) is 16.3 Å². The highest BCUT2D eigenvalue weighted by Gasteiger charge is 2.08. The molecular weight excluding hydrogens is 385 g/mol. The summed E-state index contributed by atoms with van der Waals surface area (Å²) in [6.07, 6.45) is 1.37. The lowest BCUT2D eigenvalue weighted by Crippen LogP contribution is -2.06. The first-order chi connectivity index (χ1) is 13.4. The van der Waals surface area contributed by atoms with Crippen molar-refractivity contribution in [2.75, 3.05) is 23.1 Å². The molecule has 3 rings (SSSR count). The lowest BCUT2D eigenvalue weighted by atomic mass is 10.2. The molecule has 0 radical (unpaired) electrons. The Morgan fingerprint density at radius 2 is 1.75 bits per heavy atom. The van der Waals surface area contributed by atoms with E-state index in [0.717, 1.165) is 0 Å². The van der Waals surface area contributed by atoms with Gasteiger partial charge in [0.2, 0.25) is 5.91 Å². The third-order valence-corrected chi connectivity index (χ3v) is 3.93. The Morgan fingerprint density at radius 3 is 2.43 bits per heavy atom. The van der Waals surface area contributed by atoms with Crippen molar-refractivity contribution < 1.29 is 13.9 Å². The van der Waals surface area contributed by atoms with Crippen LogP contribution < -0.4 is 20.7 Å². The molecular formula is C19H17ClFN5O2. The van der Waals surface area contributed by atoms with Gasteiger partial charge in [0.25, 0.3) is 0 Å². The van der Waals surface area contributed by atoms with Gasteiger partial charge in [0.15, 0.2) is 0 Å². The fraction of sp³-hybridized carbons (Fsp3) is 0.105. The number of anilines is 5. The van der Waals surface area contributed by atoms with Gasteiger partial charge in [0.1, 0.15) is 29.5 Å². The van der Waals surface area contributed by atoms with Crippen LogP contribution in [0.15, 0.2) is 48.8 Å². The number of benzene rings is 2. The monoisotopic (exact) mass is 401 g/mol. The van der Waals surface area contributed by atoms with E-state index in [9.17, 15) is 9.18 Å². The number of hydrogen-bond acceptors (Lipinski definition) is 6. The first kappa shape index (κ1) is 19.4. The van der Waals surface area contributed by atoms with Crippen molar-refractivity contribution in [1.82, 2.24) is 9.97 Å². The van der Waals surface area contributed by atoms with E-state index in [1.54, 1.807) is 37.4 Å². The first-order valence-corrected chi connectivity index (χ1v) is 8.59. The topological polar surface area (TPSA) is 88.2 Å². The molecule has 1 heterocycles. The van der Waals surface area contributed by atoms with Crippen LogP contribution in [0.25, 0.3) is 0 Å². The Balaban J connectivity index is 1.82. The van der Waals surface area contributed by atoms with E-state index in [1.807, 2.05) is 0 Å². The summed E-state index contributed by atoms with van der Waals surface area (Å²) in [7, 11) is 1.55. The minimum absolute atomic E-state index is 0.0110. The number of carbonyl (C=O) groups excluding carboxylic acids is 1. The van der Waals surface area contributed by atoms with Crippen molar-refractivity contribution in [3.63, 3.8) is 0 Å². The van der Waals surface area contributed by atoms with Gasteiger partial charge >= 0.3 is 0 Å². The molecule has 0 bridgehead atoms. The molecule has 3 N–H and O–H groups in total. The Kier molecular flexibility index (Phi) is 5.90. The van der Waals surface area contributed by atoms with Crippen LogP contribution in [-0.2, 0) is 4.79 Å². The number of rotatable bonds is 6. The van der Waals surface area contributed by atoms with Crippen LogP contribution in [0.2, 0.25) is 5.02 Å². The fourth-order valence-corrected chi connectivity index (χ4v) is 2.62. The summed E-state index contributed by atoms with van der Waals surface area (Å²) < 4.78 is 18.6. The van der Waals surface area contributed by atoms with Crippen LogP contribution in [0.4, 0.5) is 33.1 Å². The minimum Gasteiger partial charge on any atom is -0.495 e. The summed E-state index contributed by atoms with van der Waals surface area (Å²) in [6, 6.07) is 11.1. The van der Waals surface area contributed by atoms with E-state index in [-0.39, 0.29) is 10.9 Å². The Morgan fingerprint density at radius 1 is 1.04 bits per heavy atom. The minimum atomic E-state index is -0.497. The van der Waals surface area contributed by atoms with E-state index in [1.165, 1.54) is 25.4 Å². The number of methoxy groups -OCH3 is 1. The zero-order valence-electron chi connectivity index (χ0n) is 15.1. The van der Waals surface area contributed by atoms with Crippen LogP contribution in [-0.4, -0.2) is 23.0 Å². The zero-order chi connectivity index (χ0) is 20.1. The van der Waals surface area contributed by atoms with Crippen LogP contribution in [0.1, 0.15) is 6.92 Å². The molecule has 7 nitrogen and oxygen atoms in total. The van der Waals surface area contributed by atoms with Gasteiger partial charge in [-0.3, -0.25) is 4.79 Å². The highest BCUT2D eigenvalue weighted by atomic mass is 35.5. The van der Waals surface area contributed by atoms with Gasteiger partial charge in [0.05, 0.1) is 17.8 Å². The zero-order valence-corrected chi connectivity index (χ0v) is 15.8. The predicted octanol–water partition coefficient (Wildman–Crippen LogP) is 4.72. The third kappa shape index (κ3) is 4.86. The summed E-state index contributed by atoms with van der Waals surface area (Å²) in [5.74, 6) is 0.875. The van der Waals surface area contributed by atoms with E-state index in [2.05, 4.69) is 25.9 Å². The number of aromatic nitrogens is 2. The summed E-state index contributed by atoms with van der Waals surface area (Å²) in [4.78, 5) is 19.6. The molecule has 0 saturated heterocycles. The predicted molar refractivity (Wildman–Crippen MR) is 107 cm³/mol. The highest BCUT2D eigenvalue weighted by molar-refractivity contribution is 6.31. The molecule has 0 fully saturated rings. The Labute approximate surface area is 165 Å². The van der Waals surface area contributed by atoms with Crippen LogP contribution in [0.3, 0.4) is 0 Å². The Bertz CT molecular complexity index is 1020. The Hall–Kier alpha value is -3.39. The summed E-state index contributed by atoms with van der Waals surface area (Å²) in [5.41, 5.74) is 1.81. The average molecular weight is 402 g/mol. The highest BCUT2D eigenvalue weighted by Crippen LogP contribution is 2.31. The van der Waals surface area contributed by atoms with Crippen molar-refractivity contribution in [3.05, 3.63) is 59.6 Å². The fourth-order valence-electron chi connectivity index (χ4n) is 2.44. The van der Waals surface area contributed by atoms with Gasteiger partial charge in [-0.1, -0.05) is 11.6 Å². The first-order valence-electron chi connectivity index (χ1n) is 8.21. The van der Waals surface area contributed by atoms with E-state index in [0.29, 0.717) is 34.4 Å². The van der Waals surface area contributed by atoms with Crippen LogP contribution in [0.5, 0.6) is 5.75 Å². The molecule has 144 valence electrons. The average Bonchev–Trinajstić information content (AvgIpc) is 2.65. The quantitative estimate of drug-likeness (QED) is 0.553. The van der Waals surface area contributed by atoms with E-state index >= 15 is 0 Å². The van der Waals surface area contributed by atoms with Crippen molar-refractivity contribution >= 4 is 46.2 Å². The standard InChI is InChI=1S/C19H17ClFN5O2/c1-11(27)24-13-4-6-17(28-2)16(8-13)26-19-9-18(22-10-23-19)25-12-3-5-15(21)14(20)7-12/h3-10H,1-2H3,(H,24,27)(H2,22,23,25,26). The summed E-state index contributed by atoms with van der Waals surface area (Å²) in [5, 5.41) is 8.89. The van der Waals surface area contributed by atoms with Gasteiger partial charge in [-0.05, 0) is 36.4 Å². The molecule has 28 heavy (non-hydrogen) atoms. The van der Waals surface area contributed by atoms with Crippen LogP contribution >= 0.6 is 11.6 Å². The lowest BCUT2D eigenvalue weighted by molar-refractivity contribution is -0.114. The molecule has 0 unspecified atom stereocenters. The van der Waals surface area contributed by atoms with Crippen molar-refractivity contribution in [2.45, 2.75) is 6.92 Å². The SMILES string of the molecule is COc1ccc(NC(C)=O)cc1Nc1cc(Nc2ccc(F)c(Cl)c2)ncn1. The molecule has 0 aliphatic rings. The number of hydrogen-bond donors (Lipinski definition) is 3. The maximum absolute atomic E-state index is 13.3. The number of carbonyl (C=O) groups is 1. The molecule has 0 spiro atoms. The molecule has 9 heteroatoms. The molecule has 1 amide bonds. The van der Waals surface area contributed by atoms with Gasteiger partial charge in [-0.2, -0.15) is 0 Å². The normalized spacial score (nSPS) is 10.3. The number of halogens is 2. The number of nitrogens with zero attached hydrogens (tertiary/aromatic N) is 2. The number of nitrogens with one attached hydrogen (secondary N) is 3. The molecule has 2 aromatic carbocycles. The number of amides is 1. The summed E-state index contributed by atoms with van der Waals surface area (Å²) in [6.45, 7) is 1.43. The second-order valence-corrected chi connectivity index (χ2v) is 6.17. The van der Waals surface area contributed by atoms with Gasteiger partial charge in [0, 0.05) is 24.4 Å². The maximum atomic E-state index is 13.3. The lowest BCUT2D eigenvalue weighted by Gasteiger charge is -2.13. The maximum Gasteiger partial charge on any atom is 0.221 e. The summed E-state index contributed by atoms with van der Waals surface area (Å²) >= 11 is 5.80. The molecule has 1 aromatic heterocycles. The largest absolute Gasteiger partial charge is 0.495 e. The van der Waals surface area contributed by atoms with Crippen molar-refractivity contribution in [1.29, 1.82) is 0 Å². The van der Waals surface area contributed by atoms with Gasteiger partial charge in [-0.15, -0.1) is 0 Å². The van der Waals surface area contributed by atoms with Crippen molar-refractivity contribution in [2.24, 2.45) is 0 Å². The second kappa shape index (κ2) is 8.53. The molecule has 0 aliphatic heterocycles. The molecule has 3 aromatic rings.